The summed E-state index contributed by atoms with van der Waals surface area (Å²) in [5.41, 5.74) is 14.8. The topological polar surface area (TPSA) is 4.93 Å². The van der Waals surface area contributed by atoms with Gasteiger partial charge in [0, 0.05) is 27.3 Å². The van der Waals surface area contributed by atoms with Crippen molar-refractivity contribution >= 4 is 32.6 Å². The lowest BCUT2D eigenvalue weighted by Gasteiger charge is -2.23. The molecule has 2 aliphatic rings. The predicted molar refractivity (Wildman–Crippen MR) is 173 cm³/mol. The summed E-state index contributed by atoms with van der Waals surface area (Å²) in [5, 5.41) is 5.28. The van der Waals surface area contributed by atoms with Gasteiger partial charge in [0.25, 0.3) is 0 Å². The molecule has 0 fully saturated rings. The second kappa shape index (κ2) is 7.56. The van der Waals surface area contributed by atoms with Gasteiger partial charge >= 0.3 is 0 Å². The molecule has 0 saturated heterocycles. The second-order valence-electron chi connectivity index (χ2n) is 13.0. The normalized spacial score (nSPS) is 15.7. The summed E-state index contributed by atoms with van der Waals surface area (Å²) < 4.78 is 2.50. The van der Waals surface area contributed by atoms with Crippen molar-refractivity contribution in [3.8, 4) is 27.9 Å². The Morgan fingerprint density at radius 2 is 1.07 bits per heavy atom. The van der Waals surface area contributed by atoms with E-state index in [1.165, 1.54) is 82.8 Å². The first-order chi connectivity index (χ1) is 19.9. The van der Waals surface area contributed by atoms with Crippen LogP contribution in [0, 0.1) is 0 Å². The molecule has 0 N–H and O–H groups in total. The first kappa shape index (κ1) is 23.1. The molecule has 0 atom stereocenters. The Morgan fingerprint density at radius 1 is 0.439 bits per heavy atom. The van der Waals surface area contributed by atoms with Crippen LogP contribution in [0.25, 0.3) is 60.5 Å². The maximum Gasteiger partial charge on any atom is 0.0547 e. The fraction of sp³-hybridized carbons (Fsp3) is 0.150. The lowest BCUT2D eigenvalue weighted by molar-refractivity contribution is 0.660. The number of rotatable bonds is 1. The largest absolute Gasteiger partial charge is 0.309 e. The van der Waals surface area contributed by atoms with Crippen molar-refractivity contribution in [1.82, 2.24) is 4.57 Å². The monoisotopic (exact) mass is 525 g/mol. The van der Waals surface area contributed by atoms with Crippen LogP contribution >= 0.6 is 0 Å². The molecule has 1 heteroatoms. The second-order valence-corrected chi connectivity index (χ2v) is 13.0. The molecule has 0 aliphatic heterocycles. The van der Waals surface area contributed by atoms with Gasteiger partial charge in [-0.15, -0.1) is 0 Å². The molecule has 2 aliphatic carbocycles. The van der Waals surface area contributed by atoms with Crippen molar-refractivity contribution in [2.45, 2.75) is 38.5 Å². The smallest absolute Gasteiger partial charge is 0.0547 e. The summed E-state index contributed by atoms with van der Waals surface area (Å²) in [4.78, 5) is 0. The predicted octanol–water partition coefficient (Wildman–Crippen LogP) is 10.5. The minimum Gasteiger partial charge on any atom is -0.309 e. The maximum atomic E-state index is 2.50. The van der Waals surface area contributed by atoms with Gasteiger partial charge in [-0.05, 0) is 85.6 Å². The van der Waals surface area contributed by atoms with Crippen LogP contribution in [0.1, 0.15) is 49.9 Å². The molecule has 1 nitrogen and oxygen atoms in total. The van der Waals surface area contributed by atoms with Crippen LogP contribution in [0.15, 0.2) is 115 Å². The Bertz CT molecular complexity index is 2260. The van der Waals surface area contributed by atoms with Crippen LogP contribution < -0.4 is 0 Å². The van der Waals surface area contributed by atoms with Crippen LogP contribution in [0.5, 0.6) is 0 Å². The third kappa shape index (κ3) is 2.81. The summed E-state index contributed by atoms with van der Waals surface area (Å²) in [6.45, 7) is 9.50. The van der Waals surface area contributed by atoms with Gasteiger partial charge in [0.05, 0.1) is 11.0 Å². The molecule has 1 heterocycles. The van der Waals surface area contributed by atoms with E-state index < -0.39 is 0 Å². The van der Waals surface area contributed by atoms with E-state index in [2.05, 4.69) is 148 Å². The SMILES string of the molecule is CC1(C)c2ccccc2-c2ccc(-n3c4ccccc4c4cc5ccc6c(c5cc43)C(C)(C)c3ccccc3-6)cc21. The van der Waals surface area contributed by atoms with Crippen molar-refractivity contribution in [3.05, 3.63) is 138 Å². The molecule has 9 rings (SSSR count). The highest BCUT2D eigenvalue weighted by Gasteiger charge is 2.37. The number of aromatic nitrogens is 1. The van der Waals surface area contributed by atoms with Gasteiger partial charge in [-0.2, -0.15) is 0 Å². The third-order valence-corrected chi connectivity index (χ3v) is 10.2. The van der Waals surface area contributed by atoms with E-state index in [1.807, 2.05) is 0 Å². The molecule has 41 heavy (non-hydrogen) atoms. The molecule has 196 valence electrons. The summed E-state index contributed by atoms with van der Waals surface area (Å²) in [5.74, 6) is 0. The molecule has 0 radical (unpaired) electrons. The quantitative estimate of drug-likeness (QED) is 0.201. The van der Waals surface area contributed by atoms with Crippen molar-refractivity contribution < 1.29 is 0 Å². The number of hydrogen-bond acceptors (Lipinski definition) is 0. The van der Waals surface area contributed by atoms with Gasteiger partial charge in [-0.3, -0.25) is 0 Å². The van der Waals surface area contributed by atoms with Crippen molar-refractivity contribution in [2.75, 3.05) is 0 Å². The zero-order valence-electron chi connectivity index (χ0n) is 23.9. The van der Waals surface area contributed by atoms with Gasteiger partial charge in [0.2, 0.25) is 0 Å². The van der Waals surface area contributed by atoms with Gasteiger partial charge in [0.15, 0.2) is 0 Å². The van der Waals surface area contributed by atoms with Crippen LogP contribution in [0.4, 0.5) is 0 Å². The van der Waals surface area contributed by atoms with E-state index >= 15 is 0 Å². The molecular formula is C40H31N. The van der Waals surface area contributed by atoms with E-state index in [0.717, 1.165) is 0 Å². The van der Waals surface area contributed by atoms with Crippen molar-refractivity contribution in [1.29, 1.82) is 0 Å². The van der Waals surface area contributed by atoms with Crippen molar-refractivity contribution in [2.24, 2.45) is 0 Å². The van der Waals surface area contributed by atoms with Crippen molar-refractivity contribution in [3.63, 3.8) is 0 Å². The number of benzene rings is 6. The lowest BCUT2D eigenvalue weighted by Crippen LogP contribution is -2.15. The fourth-order valence-corrected chi connectivity index (χ4v) is 8.19. The van der Waals surface area contributed by atoms with E-state index in [1.54, 1.807) is 0 Å². The summed E-state index contributed by atoms with van der Waals surface area (Å²) in [7, 11) is 0. The van der Waals surface area contributed by atoms with Crippen LogP contribution in [-0.4, -0.2) is 4.57 Å². The molecule has 6 aromatic carbocycles. The zero-order chi connectivity index (χ0) is 27.7. The molecule has 0 amide bonds. The summed E-state index contributed by atoms with van der Waals surface area (Å²) in [6.07, 6.45) is 0. The number of nitrogens with zero attached hydrogens (tertiary/aromatic N) is 1. The molecule has 0 bridgehead atoms. The Hall–Kier alpha value is -4.62. The third-order valence-electron chi connectivity index (χ3n) is 10.2. The lowest BCUT2D eigenvalue weighted by atomic mass is 9.80. The van der Waals surface area contributed by atoms with E-state index in [9.17, 15) is 0 Å². The molecule has 1 aromatic heterocycles. The first-order valence-electron chi connectivity index (χ1n) is 14.7. The summed E-state index contributed by atoms with van der Waals surface area (Å²) >= 11 is 0. The molecule has 0 saturated carbocycles. The molecule has 0 spiro atoms. The Morgan fingerprint density at radius 3 is 1.88 bits per heavy atom. The number of fused-ring (bicyclic) bond motifs is 11. The Labute approximate surface area is 240 Å². The van der Waals surface area contributed by atoms with Gasteiger partial charge < -0.3 is 4.57 Å². The Balaban J connectivity index is 1.36. The van der Waals surface area contributed by atoms with E-state index in [0.29, 0.717) is 0 Å². The summed E-state index contributed by atoms with van der Waals surface area (Å²) in [6, 6.07) is 43.4. The minimum absolute atomic E-state index is 0.0377. The average Bonchev–Trinajstić information content (AvgIpc) is 3.53. The minimum atomic E-state index is -0.0562. The number of hydrogen-bond donors (Lipinski definition) is 0. The van der Waals surface area contributed by atoms with Crippen LogP contribution in [-0.2, 0) is 10.8 Å². The molecule has 0 unspecified atom stereocenters. The Kier molecular flexibility index (Phi) is 4.26. The highest BCUT2D eigenvalue weighted by Crippen LogP contribution is 2.53. The zero-order valence-corrected chi connectivity index (χ0v) is 23.9. The maximum absolute atomic E-state index is 2.50. The standard InChI is InChI=1S/C40H31N/c1-39(2)33-14-8-5-11-26(33)28-20-18-25(22-35(28)39)41-36-16-10-7-13-29(36)32-21-24-17-19-30-27-12-6-9-15-34(27)40(3,4)38(30)31(24)23-37(32)41/h5-23H,1-4H3. The molecular weight excluding hydrogens is 494 g/mol. The van der Waals surface area contributed by atoms with Gasteiger partial charge in [0.1, 0.15) is 0 Å². The fourth-order valence-electron chi connectivity index (χ4n) is 8.19. The highest BCUT2D eigenvalue weighted by molar-refractivity contribution is 6.15. The first-order valence-corrected chi connectivity index (χ1v) is 14.7. The van der Waals surface area contributed by atoms with Crippen LogP contribution in [0.2, 0.25) is 0 Å². The van der Waals surface area contributed by atoms with Gasteiger partial charge in [-0.25, -0.2) is 0 Å². The van der Waals surface area contributed by atoms with Crippen LogP contribution in [0.3, 0.4) is 0 Å². The molecule has 7 aromatic rings. The van der Waals surface area contributed by atoms with Gasteiger partial charge in [-0.1, -0.05) is 113 Å². The average molecular weight is 526 g/mol. The van der Waals surface area contributed by atoms with E-state index in [4.69, 9.17) is 0 Å². The highest BCUT2D eigenvalue weighted by atomic mass is 15.0. The van der Waals surface area contributed by atoms with E-state index in [-0.39, 0.29) is 10.8 Å². The number of para-hydroxylation sites is 1.